The standard InChI is InChI=1S/C13H6N2OS/c16-12-11-9-7(2-5-15-11)1-4-14-10(9)8-3-6-17-13(8)12/h1-6H. The minimum Gasteiger partial charge on any atom is -0.286 e. The molecular formula is C13H6N2OS. The first-order valence-corrected chi connectivity index (χ1v) is 6.10. The molecule has 1 aliphatic rings. The molecule has 0 unspecified atom stereocenters. The third-order valence-corrected chi connectivity index (χ3v) is 3.93. The maximum Gasteiger partial charge on any atom is 0.222 e. The van der Waals surface area contributed by atoms with Gasteiger partial charge in [0.1, 0.15) is 5.69 Å². The smallest absolute Gasteiger partial charge is 0.222 e. The van der Waals surface area contributed by atoms with Gasteiger partial charge < -0.3 is 0 Å². The summed E-state index contributed by atoms with van der Waals surface area (Å²) in [5.74, 6) is 0.0149. The van der Waals surface area contributed by atoms with Crippen molar-refractivity contribution in [3.63, 3.8) is 0 Å². The highest BCUT2D eigenvalue weighted by Crippen LogP contribution is 2.39. The van der Waals surface area contributed by atoms with E-state index >= 15 is 0 Å². The van der Waals surface area contributed by atoms with E-state index in [-0.39, 0.29) is 5.78 Å². The molecule has 3 nitrogen and oxygen atoms in total. The number of fused-ring (bicyclic) bond motifs is 2. The fourth-order valence-electron chi connectivity index (χ4n) is 2.28. The summed E-state index contributed by atoms with van der Waals surface area (Å²) in [5, 5.41) is 3.82. The van der Waals surface area contributed by atoms with Gasteiger partial charge >= 0.3 is 0 Å². The molecule has 80 valence electrons. The van der Waals surface area contributed by atoms with Crippen molar-refractivity contribution in [3.05, 3.63) is 46.5 Å². The van der Waals surface area contributed by atoms with Gasteiger partial charge in [-0.1, -0.05) is 0 Å². The maximum atomic E-state index is 12.3. The minimum atomic E-state index is 0.0149. The van der Waals surface area contributed by atoms with Gasteiger partial charge in [-0.05, 0) is 29.0 Å². The number of nitrogens with zero attached hydrogens (tertiary/aromatic N) is 2. The fraction of sp³-hybridized carbons (Fsp3) is 0. The third kappa shape index (κ3) is 1.03. The Labute approximate surface area is 101 Å². The van der Waals surface area contributed by atoms with Crippen molar-refractivity contribution in [1.82, 2.24) is 9.97 Å². The number of hydrogen-bond acceptors (Lipinski definition) is 4. The molecule has 1 aliphatic carbocycles. The summed E-state index contributed by atoms with van der Waals surface area (Å²) < 4.78 is 0. The van der Waals surface area contributed by atoms with Crippen LogP contribution in [0, 0.1) is 0 Å². The first kappa shape index (κ1) is 9.01. The van der Waals surface area contributed by atoms with E-state index in [4.69, 9.17) is 0 Å². The molecule has 0 atom stereocenters. The van der Waals surface area contributed by atoms with Gasteiger partial charge in [0.05, 0.1) is 10.6 Å². The van der Waals surface area contributed by atoms with Crippen LogP contribution in [0.1, 0.15) is 15.4 Å². The lowest BCUT2D eigenvalue weighted by atomic mass is 9.95. The van der Waals surface area contributed by atoms with Crippen molar-refractivity contribution in [2.45, 2.75) is 0 Å². The Morgan fingerprint density at radius 2 is 1.76 bits per heavy atom. The van der Waals surface area contributed by atoms with Gasteiger partial charge in [-0.2, -0.15) is 0 Å². The number of carbonyl (C=O) groups is 1. The Balaban J connectivity index is 2.31. The number of thiophene rings is 1. The van der Waals surface area contributed by atoms with Gasteiger partial charge in [0.2, 0.25) is 5.78 Å². The van der Waals surface area contributed by atoms with Crippen LogP contribution in [0.4, 0.5) is 0 Å². The topological polar surface area (TPSA) is 42.9 Å². The summed E-state index contributed by atoms with van der Waals surface area (Å²) in [6.07, 6.45) is 3.45. The summed E-state index contributed by atoms with van der Waals surface area (Å²) in [5.41, 5.74) is 2.34. The molecule has 17 heavy (non-hydrogen) atoms. The summed E-state index contributed by atoms with van der Waals surface area (Å²) in [6, 6.07) is 5.78. The molecule has 0 amide bonds. The summed E-state index contributed by atoms with van der Waals surface area (Å²) in [6.45, 7) is 0. The lowest BCUT2D eigenvalue weighted by Crippen LogP contribution is -2.10. The zero-order valence-corrected chi connectivity index (χ0v) is 9.49. The first-order valence-electron chi connectivity index (χ1n) is 5.22. The average molecular weight is 238 g/mol. The number of carbonyl (C=O) groups excluding carboxylic acids is 1. The van der Waals surface area contributed by atoms with Crippen molar-refractivity contribution in [2.75, 3.05) is 0 Å². The fourth-order valence-corrected chi connectivity index (χ4v) is 3.11. The van der Waals surface area contributed by atoms with E-state index in [9.17, 15) is 4.79 Å². The molecule has 0 fully saturated rings. The van der Waals surface area contributed by atoms with Crippen molar-refractivity contribution in [1.29, 1.82) is 0 Å². The number of ketones is 1. The summed E-state index contributed by atoms with van der Waals surface area (Å²) >= 11 is 1.45. The average Bonchev–Trinajstić information content (AvgIpc) is 2.85. The van der Waals surface area contributed by atoms with Crippen LogP contribution >= 0.6 is 11.3 Å². The highest BCUT2D eigenvalue weighted by atomic mass is 32.1. The second-order valence-electron chi connectivity index (χ2n) is 3.91. The molecule has 0 radical (unpaired) electrons. The van der Waals surface area contributed by atoms with Gasteiger partial charge in [-0.15, -0.1) is 11.3 Å². The van der Waals surface area contributed by atoms with Crippen LogP contribution in [-0.2, 0) is 0 Å². The summed E-state index contributed by atoms with van der Waals surface area (Å²) in [7, 11) is 0. The molecule has 3 aromatic heterocycles. The van der Waals surface area contributed by atoms with Gasteiger partial charge in [0.25, 0.3) is 0 Å². The van der Waals surface area contributed by atoms with Crippen LogP contribution in [0.15, 0.2) is 36.0 Å². The van der Waals surface area contributed by atoms with Gasteiger partial charge in [-0.25, -0.2) is 0 Å². The number of hydrogen-bond donors (Lipinski definition) is 0. The van der Waals surface area contributed by atoms with Crippen LogP contribution < -0.4 is 0 Å². The van der Waals surface area contributed by atoms with E-state index in [1.54, 1.807) is 12.4 Å². The maximum absolute atomic E-state index is 12.3. The molecular weight excluding hydrogens is 232 g/mol. The molecule has 0 aromatic carbocycles. The molecule has 0 spiro atoms. The Kier molecular flexibility index (Phi) is 1.58. The van der Waals surface area contributed by atoms with Gasteiger partial charge in [-0.3, -0.25) is 14.8 Å². The summed E-state index contributed by atoms with van der Waals surface area (Å²) in [4.78, 5) is 21.6. The predicted molar refractivity (Wildman–Crippen MR) is 66.3 cm³/mol. The number of pyridine rings is 2. The second-order valence-corrected chi connectivity index (χ2v) is 4.83. The third-order valence-electron chi connectivity index (χ3n) is 3.02. The quantitative estimate of drug-likeness (QED) is 0.473. The lowest BCUT2D eigenvalue weighted by molar-refractivity contribution is 0.103. The monoisotopic (exact) mass is 238 g/mol. The normalized spacial score (nSPS) is 12.8. The Morgan fingerprint density at radius 1 is 1.00 bits per heavy atom. The lowest BCUT2D eigenvalue weighted by Gasteiger charge is -2.14. The Hall–Kier alpha value is -2.07. The van der Waals surface area contributed by atoms with Crippen LogP contribution in [0.25, 0.3) is 22.0 Å². The van der Waals surface area contributed by atoms with Crippen molar-refractivity contribution < 1.29 is 4.79 Å². The largest absolute Gasteiger partial charge is 0.286 e. The van der Waals surface area contributed by atoms with Crippen LogP contribution in [0.3, 0.4) is 0 Å². The molecule has 0 bridgehead atoms. The molecule has 0 saturated heterocycles. The van der Waals surface area contributed by atoms with Crippen LogP contribution in [-0.4, -0.2) is 15.8 Å². The molecule has 3 aromatic rings. The van der Waals surface area contributed by atoms with Gasteiger partial charge in [0, 0.05) is 23.3 Å². The van der Waals surface area contributed by atoms with Crippen molar-refractivity contribution in [3.8, 4) is 11.3 Å². The highest BCUT2D eigenvalue weighted by molar-refractivity contribution is 7.13. The van der Waals surface area contributed by atoms with E-state index in [0.29, 0.717) is 5.69 Å². The predicted octanol–water partition coefficient (Wildman–Crippen LogP) is 2.90. The Morgan fingerprint density at radius 3 is 2.59 bits per heavy atom. The van der Waals surface area contributed by atoms with E-state index < -0.39 is 0 Å². The van der Waals surface area contributed by atoms with Crippen molar-refractivity contribution >= 4 is 27.9 Å². The van der Waals surface area contributed by atoms with Crippen LogP contribution in [0.2, 0.25) is 0 Å². The zero-order valence-electron chi connectivity index (χ0n) is 8.68. The molecule has 4 heteroatoms. The number of rotatable bonds is 0. The minimum absolute atomic E-state index is 0.0149. The van der Waals surface area contributed by atoms with E-state index in [1.807, 2.05) is 23.6 Å². The first-order chi connectivity index (χ1) is 8.36. The van der Waals surface area contributed by atoms with Crippen LogP contribution in [0.5, 0.6) is 0 Å². The highest BCUT2D eigenvalue weighted by Gasteiger charge is 2.27. The van der Waals surface area contributed by atoms with Gasteiger partial charge in [0.15, 0.2) is 0 Å². The van der Waals surface area contributed by atoms with Crippen molar-refractivity contribution in [2.24, 2.45) is 0 Å². The number of aromatic nitrogens is 2. The molecule has 3 heterocycles. The molecule has 0 saturated carbocycles. The molecule has 0 N–H and O–H groups in total. The second kappa shape index (κ2) is 2.99. The van der Waals surface area contributed by atoms with E-state index in [0.717, 1.165) is 26.9 Å². The molecule has 0 aliphatic heterocycles. The SMILES string of the molecule is O=C1c2sccc2-c2nccc3ccnc1c23. The Bertz CT molecular complexity index is 771. The zero-order chi connectivity index (χ0) is 11.4. The molecule has 4 rings (SSSR count). The van der Waals surface area contributed by atoms with E-state index in [2.05, 4.69) is 9.97 Å². The van der Waals surface area contributed by atoms with E-state index in [1.165, 1.54) is 11.3 Å².